The van der Waals surface area contributed by atoms with Crippen LogP contribution in [0.4, 0.5) is 5.13 Å². The van der Waals surface area contributed by atoms with Crippen molar-refractivity contribution in [3.63, 3.8) is 0 Å². The molecular weight excluding hydrogens is 250 g/mol. The summed E-state index contributed by atoms with van der Waals surface area (Å²) in [6, 6.07) is 0.0648. The molecule has 0 bridgehead atoms. The van der Waals surface area contributed by atoms with Crippen LogP contribution in [-0.2, 0) is 9.59 Å². The van der Waals surface area contributed by atoms with Crippen LogP contribution in [-0.4, -0.2) is 28.2 Å². The molecule has 1 N–H and O–H groups in total. The SMILES string of the molecule is CC(=O)Nc1nc([C@H]2CCCCN2C(C)=O)cs1. The van der Waals surface area contributed by atoms with E-state index in [0.717, 1.165) is 31.5 Å². The number of anilines is 1. The Balaban J connectivity index is 2.15. The topological polar surface area (TPSA) is 62.3 Å². The average Bonchev–Trinajstić information content (AvgIpc) is 2.76. The number of carbonyl (C=O) groups excluding carboxylic acids is 2. The van der Waals surface area contributed by atoms with Crippen LogP contribution in [0.5, 0.6) is 0 Å². The summed E-state index contributed by atoms with van der Waals surface area (Å²) in [5.74, 6) is -0.0308. The normalized spacial score (nSPS) is 19.7. The van der Waals surface area contributed by atoms with Gasteiger partial charge in [-0.25, -0.2) is 4.98 Å². The number of rotatable bonds is 2. The second-order valence-corrected chi connectivity index (χ2v) is 5.34. The molecule has 1 fully saturated rings. The van der Waals surface area contributed by atoms with Crippen LogP contribution in [0, 0.1) is 0 Å². The fourth-order valence-electron chi connectivity index (χ4n) is 2.26. The first-order chi connectivity index (χ1) is 8.58. The number of amides is 2. The summed E-state index contributed by atoms with van der Waals surface area (Å²) in [7, 11) is 0. The largest absolute Gasteiger partial charge is 0.334 e. The maximum Gasteiger partial charge on any atom is 0.223 e. The number of hydrogen-bond acceptors (Lipinski definition) is 4. The maximum absolute atomic E-state index is 11.6. The molecule has 1 atom stereocenters. The van der Waals surface area contributed by atoms with Crippen LogP contribution in [0.15, 0.2) is 5.38 Å². The quantitative estimate of drug-likeness (QED) is 0.893. The number of thiazole rings is 1. The first-order valence-corrected chi connectivity index (χ1v) is 6.96. The molecule has 18 heavy (non-hydrogen) atoms. The third-order valence-corrected chi connectivity index (χ3v) is 3.83. The highest BCUT2D eigenvalue weighted by Crippen LogP contribution is 2.32. The molecule has 0 aliphatic carbocycles. The Morgan fingerprint density at radius 2 is 2.22 bits per heavy atom. The third kappa shape index (κ3) is 2.87. The lowest BCUT2D eigenvalue weighted by atomic mass is 10.00. The van der Waals surface area contributed by atoms with Crippen molar-refractivity contribution in [2.24, 2.45) is 0 Å². The number of aromatic nitrogens is 1. The van der Waals surface area contributed by atoms with E-state index in [2.05, 4.69) is 10.3 Å². The van der Waals surface area contributed by atoms with E-state index >= 15 is 0 Å². The Hall–Kier alpha value is -1.43. The van der Waals surface area contributed by atoms with E-state index in [4.69, 9.17) is 0 Å². The van der Waals surface area contributed by atoms with Crippen molar-refractivity contribution in [2.75, 3.05) is 11.9 Å². The minimum absolute atomic E-state index is 0.0648. The Morgan fingerprint density at radius 3 is 2.89 bits per heavy atom. The van der Waals surface area contributed by atoms with E-state index in [1.165, 1.54) is 18.3 Å². The molecule has 1 aromatic rings. The van der Waals surface area contributed by atoms with Crippen molar-refractivity contribution in [1.82, 2.24) is 9.88 Å². The number of nitrogens with zero attached hydrogens (tertiary/aromatic N) is 2. The van der Waals surface area contributed by atoms with Gasteiger partial charge in [-0.2, -0.15) is 0 Å². The molecule has 1 aliphatic rings. The minimum Gasteiger partial charge on any atom is -0.334 e. The lowest BCUT2D eigenvalue weighted by Gasteiger charge is -2.34. The summed E-state index contributed by atoms with van der Waals surface area (Å²) < 4.78 is 0. The van der Waals surface area contributed by atoms with Crippen molar-refractivity contribution in [3.05, 3.63) is 11.1 Å². The van der Waals surface area contributed by atoms with Crippen molar-refractivity contribution in [3.8, 4) is 0 Å². The van der Waals surface area contributed by atoms with Gasteiger partial charge in [-0.1, -0.05) is 0 Å². The van der Waals surface area contributed by atoms with Crippen LogP contribution >= 0.6 is 11.3 Å². The highest BCUT2D eigenvalue weighted by molar-refractivity contribution is 7.13. The van der Waals surface area contributed by atoms with E-state index in [9.17, 15) is 9.59 Å². The minimum atomic E-state index is -0.122. The molecule has 5 nitrogen and oxygen atoms in total. The molecule has 6 heteroatoms. The molecule has 0 radical (unpaired) electrons. The lowest BCUT2D eigenvalue weighted by Crippen LogP contribution is -2.37. The van der Waals surface area contributed by atoms with Crippen LogP contribution in [0.2, 0.25) is 0 Å². The van der Waals surface area contributed by atoms with Crippen molar-refractivity contribution >= 4 is 28.3 Å². The average molecular weight is 267 g/mol. The molecule has 98 valence electrons. The van der Waals surface area contributed by atoms with E-state index in [0.29, 0.717) is 5.13 Å². The van der Waals surface area contributed by atoms with Crippen molar-refractivity contribution in [2.45, 2.75) is 39.2 Å². The van der Waals surface area contributed by atoms with Gasteiger partial charge in [0.05, 0.1) is 11.7 Å². The van der Waals surface area contributed by atoms with Crippen molar-refractivity contribution in [1.29, 1.82) is 0 Å². The first-order valence-electron chi connectivity index (χ1n) is 6.08. The smallest absolute Gasteiger partial charge is 0.223 e. The molecule has 0 aromatic carbocycles. The van der Waals surface area contributed by atoms with Gasteiger partial charge < -0.3 is 10.2 Å². The van der Waals surface area contributed by atoms with Crippen LogP contribution < -0.4 is 5.32 Å². The molecule has 0 saturated carbocycles. The van der Waals surface area contributed by atoms with Gasteiger partial charge in [0, 0.05) is 25.8 Å². The van der Waals surface area contributed by atoms with E-state index in [1.54, 1.807) is 6.92 Å². The zero-order chi connectivity index (χ0) is 13.1. The molecule has 2 heterocycles. The fraction of sp³-hybridized carbons (Fsp3) is 0.583. The van der Waals surface area contributed by atoms with Gasteiger partial charge in [0.25, 0.3) is 0 Å². The second-order valence-electron chi connectivity index (χ2n) is 4.48. The van der Waals surface area contributed by atoms with Gasteiger partial charge in [-0.15, -0.1) is 11.3 Å². The molecule has 0 spiro atoms. The Kier molecular flexibility index (Phi) is 3.96. The maximum atomic E-state index is 11.6. The molecule has 1 aromatic heterocycles. The molecule has 2 amide bonds. The van der Waals surface area contributed by atoms with Gasteiger partial charge >= 0.3 is 0 Å². The zero-order valence-corrected chi connectivity index (χ0v) is 11.4. The summed E-state index contributed by atoms with van der Waals surface area (Å²) in [6.07, 6.45) is 3.11. The van der Waals surface area contributed by atoms with Gasteiger partial charge in [-0.3, -0.25) is 9.59 Å². The van der Waals surface area contributed by atoms with Gasteiger partial charge in [0.1, 0.15) is 0 Å². The first kappa shape index (κ1) is 13.0. The van der Waals surface area contributed by atoms with Gasteiger partial charge in [-0.05, 0) is 19.3 Å². The van der Waals surface area contributed by atoms with Crippen LogP contribution in [0.1, 0.15) is 44.8 Å². The predicted molar refractivity (Wildman–Crippen MR) is 70.4 cm³/mol. The van der Waals surface area contributed by atoms with E-state index < -0.39 is 0 Å². The predicted octanol–water partition coefficient (Wildman–Crippen LogP) is 2.17. The number of likely N-dealkylation sites (tertiary alicyclic amines) is 1. The highest BCUT2D eigenvalue weighted by Gasteiger charge is 2.27. The van der Waals surface area contributed by atoms with E-state index in [-0.39, 0.29) is 17.9 Å². The standard InChI is InChI=1S/C12H17N3O2S/c1-8(16)13-12-14-10(7-18-12)11-5-3-4-6-15(11)9(2)17/h7,11H,3-6H2,1-2H3,(H,13,14,16)/t11-/m1/s1. The van der Waals surface area contributed by atoms with Crippen LogP contribution in [0.3, 0.4) is 0 Å². The summed E-state index contributed by atoms with van der Waals surface area (Å²) in [6.45, 7) is 3.86. The molecular formula is C12H17N3O2S. The number of carbonyl (C=O) groups is 2. The number of piperidine rings is 1. The second kappa shape index (κ2) is 5.48. The zero-order valence-electron chi connectivity index (χ0n) is 10.6. The summed E-state index contributed by atoms with van der Waals surface area (Å²) in [5.41, 5.74) is 0.888. The van der Waals surface area contributed by atoms with Crippen molar-refractivity contribution < 1.29 is 9.59 Å². The van der Waals surface area contributed by atoms with Gasteiger partial charge in [0.15, 0.2) is 5.13 Å². The number of hydrogen-bond donors (Lipinski definition) is 1. The molecule has 0 unspecified atom stereocenters. The lowest BCUT2D eigenvalue weighted by molar-refractivity contribution is -0.132. The van der Waals surface area contributed by atoms with E-state index in [1.807, 2.05) is 10.3 Å². The summed E-state index contributed by atoms with van der Waals surface area (Å²) >= 11 is 1.40. The summed E-state index contributed by atoms with van der Waals surface area (Å²) in [4.78, 5) is 28.8. The van der Waals surface area contributed by atoms with Gasteiger partial charge in [0.2, 0.25) is 11.8 Å². The fourth-order valence-corrected chi connectivity index (χ4v) is 3.07. The molecule has 2 rings (SSSR count). The Labute approximate surface area is 110 Å². The monoisotopic (exact) mass is 267 g/mol. The van der Waals surface area contributed by atoms with Crippen LogP contribution in [0.25, 0.3) is 0 Å². The number of nitrogens with one attached hydrogen (secondary N) is 1. The molecule has 1 saturated heterocycles. The Morgan fingerprint density at radius 1 is 1.44 bits per heavy atom. The highest BCUT2D eigenvalue weighted by atomic mass is 32.1. The third-order valence-electron chi connectivity index (χ3n) is 3.05. The summed E-state index contributed by atoms with van der Waals surface area (Å²) in [5, 5.41) is 5.20. The molecule has 1 aliphatic heterocycles. The Bertz CT molecular complexity index is 458.